The second-order valence-corrected chi connectivity index (χ2v) is 5.48. The predicted octanol–water partition coefficient (Wildman–Crippen LogP) is 3.93. The van der Waals surface area contributed by atoms with Gasteiger partial charge < -0.3 is 9.88 Å². The Balaban J connectivity index is 2.01. The zero-order chi connectivity index (χ0) is 15.7. The van der Waals surface area contributed by atoms with Crippen molar-refractivity contribution in [2.75, 3.05) is 5.32 Å². The Bertz CT molecular complexity index is 849. The molecule has 2 aromatic heterocycles. The van der Waals surface area contributed by atoms with Crippen molar-refractivity contribution < 1.29 is 4.79 Å². The lowest BCUT2D eigenvalue weighted by Crippen LogP contribution is -2.12. The summed E-state index contributed by atoms with van der Waals surface area (Å²) in [6, 6.07) is 9.84. The number of aromatic nitrogens is 2. The number of amides is 1. The van der Waals surface area contributed by atoms with Gasteiger partial charge in [-0.15, -0.1) is 0 Å². The summed E-state index contributed by atoms with van der Waals surface area (Å²) in [6.45, 7) is 6.83. The van der Waals surface area contributed by atoms with E-state index in [9.17, 15) is 4.79 Å². The predicted molar refractivity (Wildman–Crippen MR) is 89.3 cm³/mol. The van der Waals surface area contributed by atoms with E-state index in [4.69, 9.17) is 0 Å². The monoisotopic (exact) mass is 293 g/mol. The fourth-order valence-corrected chi connectivity index (χ4v) is 2.60. The lowest BCUT2D eigenvalue weighted by Gasteiger charge is -2.08. The van der Waals surface area contributed by atoms with E-state index < -0.39 is 0 Å². The van der Waals surface area contributed by atoms with Crippen molar-refractivity contribution in [2.24, 2.45) is 0 Å². The molecule has 0 atom stereocenters. The van der Waals surface area contributed by atoms with Crippen LogP contribution in [0.25, 0.3) is 11.0 Å². The van der Waals surface area contributed by atoms with Crippen molar-refractivity contribution in [1.29, 1.82) is 0 Å². The lowest BCUT2D eigenvalue weighted by molar-refractivity contribution is 0.102. The topological polar surface area (TPSA) is 46.9 Å². The summed E-state index contributed by atoms with van der Waals surface area (Å²) in [5.41, 5.74) is 4.53. The summed E-state index contributed by atoms with van der Waals surface area (Å²) in [5, 5.41) is 3.90. The number of carbonyl (C=O) groups is 1. The molecule has 0 saturated heterocycles. The molecule has 0 aliphatic heterocycles. The standard InChI is InChI=1S/C18H19N3O/c1-4-21-11-15(14-6-5-9-19-17(14)21)18(22)20-16-10-12(2)7-8-13(16)3/h5-11H,4H2,1-3H3,(H,20,22). The number of pyridine rings is 1. The number of carbonyl (C=O) groups excluding carboxylic acids is 1. The van der Waals surface area contributed by atoms with Crippen LogP contribution in [0.4, 0.5) is 5.69 Å². The number of benzene rings is 1. The molecule has 22 heavy (non-hydrogen) atoms. The minimum atomic E-state index is -0.0982. The molecule has 3 rings (SSSR count). The van der Waals surface area contributed by atoms with Crippen LogP contribution in [0.1, 0.15) is 28.4 Å². The first-order valence-corrected chi connectivity index (χ1v) is 7.42. The van der Waals surface area contributed by atoms with Crippen molar-refractivity contribution in [1.82, 2.24) is 9.55 Å². The van der Waals surface area contributed by atoms with Crippen molar-refractivity contribution in [3.8, 4) is 0 Å². The fraction of sp³-hybridized carbons (Fsp3) is 0.222. The molecule has 0 aliphatic rings. The van der Waals surface area contributed by atoms with Gasteiger partial charge in [-0.3, -0.25) is 4.79 Å². The van der Waals surface area contributed by atoms with Crippen LogP contribution in [-0.4, -0.2) is 15.5 Å². The first-order valence-electron chi connectivity index (χ1n) is 7.42. The third-order valence-corrected chi connectivity index (χ3v) is 3.86. The fourth-order valence-electron chi connectivity index (χ4n) is 2.60. The second-order valence-electron chi connectivity index (χ2n) is 5.48. The molecule has 4 nitrogen and oxygen atoms in total. The number of hydrogen-bond donors (Lipinski definition) is 1. The summed E-state index contributed by atoms with van der Waals surface area (Å²) < 4.78 is 1.99. The summed E-state index contributed by atoms with van der Waals surface area (Å²) in [7, 11) is 0. The molecule has 0 spiro atoms. The number of nitrogens with zero attached hydrogens (tertiary/aromatic N) is 2. The Morgan fingerprint density at radius 1 is 1.27 bits per heavy atom. The quantitative estimate of drug-likeness (QED) is 0.795. The Kier molecular flexibility index (Phi) is 3.67. The highest BCUT2D eigenvalue weighted by Gasteiger charge is 2.16. The molecule has 3 aromatic rings. The van der Waals surface area contributed by atoms with Gasteiger partial charge in [0, 0.05) is 30.0 Å². The zero-order valence-corrected chi connectivity index (χ0v) is 13.1. The van der Waals surface area contributed by atoms with Gasteiger partial charge in [-0.2, -0.15) is 0 Å². The smallest absolute Gasteiger partial charge is 0.257 e. The van der Waals surface area contributed by atoms with Crippen molar-refractivity contribution in [3.05, 3.63) is 59.4 Å². The van der Waals surface area contributed by atoms with Crippen molar-refractivity contribution >= 4 is 22.6 Å². The minimum Gasteiger partial charge on any atom is -0.332 e. The Morgan fingerprint density at radius 3 is 2.86 bits per heavy atom. The molecule has 112 valence electrons. The summed E-state index contributed by atoms with van der Waals surface area (Å²) >= 11 is 0. The Labute approximate surface area is 129 Å². The first kappa shape index (κ1) is 14.3. The van der Waals surface area contributed by atoms with E-state index in [1.54, 1.807) is 6.20 Å². The van der Waals surface area contributed by atoms with Gasteiger partial charge in [0.25, 0.3) is 5.91 Å². The van der Waals surface area contributed by atoms with E-state index >= 15 is 0 Å². The molecule has 1 N–H and O–H groups in total. The van der Waals surface area contributed by atoms with Gasteiger partial charge in [-0.25, -0.2) is 4.98 Å². The molecule has 0 bridgehead atoms. The first-order chi connectivity index (χ1) is 10.6. The largest absolute Gasteiger partial charge is 0.332 e. The maximum absolute atomic E-state index is 12.7. The van der Waals surface area contributed by atoms with E-state index in [0.717, 1.165) is 34.4 Å². The van der Waals surface area contributed by atoms with E-state index in [0.29, 0.717) is 5.56 Å². The number of anilines is 1. The Morgan fingerprint density at radius 2 is 2.09 bits per heavy atom. The molecular formula is C18H19N3O. The van der Waals surface area contributed by atoms with Crippen molar-refractivity contribution in [2.45, 2.75) is 27.3 Å². The van der Waals surface area contributed by atoms with Crippen LogP contribution < -0.4 is 5.32 Å². The average molecular weight is 293 g/mol. The summed E-state index contributed by atoms with van der Waals surface area (Å²) in [5.74, 6) is -0.0982. The number of fused-ring (bicyclic) bond motifs is 1. The van der Waals surface area contributed by atoms with Gasteiger partial charge in [-0.05, 0) is 50.1 Å². The zero-order valence-electron chi connectivity index (χ0n) is 13.1. The van der Waals surface area contributed by atoms with Crippen LogP contribution in [0.15, 0.2) is 42.7 Å². The molecular weight excluding hydrogens is 274 g/mol. The SMILES string of the molecule is CCn1cc(C(=O)Nc2cc(C)ccc2C)c2cccnc21. The average Bonchev–Trinajstić information content (AvgIpc) is 2.90. The van der Waals surface area contributed by atoms with Crippen LogP contribution in [0.5, 0.6) is 0 Å². The van der Waals surface area contributed by atoms with Gasteiger partial charge in [-0.1, -0.05) is 12.1 Å². The highest BCUT2D eigenvalue weighted by Crippen LogP contribution is 2.22. The van der Waals surface area contributed by atoms with Gasteiger partial charge in [0.2, 0.25) is 0 Å². The number of aryl methyl sites for hydroxylation is 3. The van der Waals surface area contributed by atoms with E-state index in [2.05, 4.69) is 10.3 Å². The van der Waals surface area contributed by atoms with Crippen LogP contribution in [0.2, 0.25) is 0 Å². The molecule has 1 amide bonds. The van der Waals surface area contributed by atoms with Gasteiger partial charge in [0.15, 0.2) is 0 Å². The molecule has 0 saturated carbocycles. The van der Waals surface area contributed by atoms with E-state index in [1.807, 2.05) is 61.9 Å². The van der Waals surface area contributed by atoms with Crippen LogP contribution in [0, 0.1) is 13.8 Å². The van der Waals surface area contributed by atoms with Crippen LogP contribution >= 0.6 is 0 Å². The highest BCUT2D eigenvalue weighted by molar-refractivity contribution is 6.12. The van der Waals surface area contributed by atoms with Gasteiger partial charge >= 0.3 is 0 Å². The molecule has 1 aromatic carbocycles. The van der Waals surface area contributed by atoms with Crippen molar-refractivity contribution in [3.63, 3.8) is 0 Å². The van der Waals surface area contributed by atoms with E-state index in [-0.39, 0.29) is 5.91 Å². The summed E-state index contributed by atoms with van der Waals surface area (Å²) in [6.07, 6.45) is 3.62. The minimum absolute atomic E-state index is 0.0982. The molecule has 4 heteroatoms. The maximum atomic E-state index is 12.7. The Hall–Kier alpha value is -2.62. The molecule has 2 heterocycles. The lowest BCUT2D eigenvalue weighted by atomic mass is 10.1. The van der Waals surface area contributed by atoms with Crippen LogP contribution in [0.3, 0.4) is 0 Å². The molecule has 0 radical (unpaired) electrons. The molecule has 0 aliphatic carbocycles. The van der Waals surface area contributed by atoms with Gasteiger partial charge in [0.1, 0.15) is 5.65 Å². The number of hydrogen-bond acceptors (Lipinski definition) is 2. The third kappa shape index (κ3) is 2.48. The number of rotatable bonds is 3. The van der Waals surface area contributed by atoms with Gasteiger partial charge in [0.05, 0.1) is 5.56 Å². The molecule has 0 unspecified atom stereocenters. The second kappa shape index (κ2) is 5.64. The molecule has 0 fully saturated rings. The highest BCUT2D eigenvalue weighted by atomic mass is 16.1. The summed E-state index contributed by atoms with van der Waals surface area (Å²) in [4.78, 5) is 17.0. The maximum Gasteiger partial charge on any atom is 0.257 e. The third-order valence-electron chi connectivity index (χ3n) is 3.86. The van der Waals surface area contributed by atoms with Crippen LogP contribution in [-0.2, 0) is 6.54 Å². The number of nitrogens with one attached hydrogen (secondary N) is 1. The normalized spacial score (nSPS) is 10.9. The van der Waals surface area contributed by atoms with E-state index in [1.165, 1.54) is 0 Å².